The predicted molar refractivity (Wildman–Crippen MR) is 68.1 cm³/mol. The Hall–Kier alpha value is -0.540. The van der Waals surface area contributed by atoms with Crippen LogP contribution < -0.4 is 11.1 Å². The van der Waals surface area contributed by atoms with E-state index in [0.717, 1.165) is 17.6 Å². The Labute approximate surface area is 99.4 Å². The lowest BCUT2D eigenvalue weighted by molar-refractivity contribution is 0.555. The summed E-state index contributed by atoms with van der Waals surface area (Å²) in [5, 5.41) is 3.50. The second-order valence-corrected chi connectivity index (χ2v) is 5.43. The highest BCUT2D eigenvalue weighted by atomic mass is 79.9. The molecule has 1 aliphatic carbocycles. The fourth-order valence-electron chi connectivity index (χ4n) is 1.70. The summed E-state index contributed by atoms with van der Waals surface area (Å²) >= 11 is 3.48. The highest BCUT2D eigenvalue weighted by Gasteiger charge is 2.40. The number of rotatable bonds is 4. The molecule has 2 nitrogen and oxygen atoms in total. The van der Waals surface area contributed by atoms with Gasteiger partial charge in [0.05, 0.1) is 0 Å². The van der Waals surface area contributed by atoms with Gasteiger partial charge < -0.3 is 11.1 Å². The van der Waals surface area contributed by atoms with E-state index < -0.39 is 0 Å². The van der Waals surface area contributed by atoms with E-state index in [1.165, 1.54) is 24.1 Å². The summed E-state index contributed by atoms with van der Waals surface area (Å²) in [7, 11) is 0. The van der Waals surface area contributed by atoms with Crippen molar-refractivity contribution in [2.24, 2.45) is 11.1 Å². The molecule has 3 N–H and O–H groups in total. The van der Waals surface area contributed by atoms with Crippen molar-refractivity contribution in [2.45, 2.75) is 19.8 Å². The molecule has 0 unspecified atom stereocenters. The minimum Gasteiger partial charge on any atom is -0.384 e. The second-order valence-electron chi connectivity index (χ2n) is 4.52. The summed E-state index contributed by atoms with van der Waals surface area (Å²) < 4.78 is 1.12. The van der Waals surface area contributed by atoms with Gasteiger partial charge in [-0.2, -0.15) is 0 Å². The van der Waals surface area contributed by atoms with Crippen molar-refractivity contribution >= 4 is 21.6 Å². The number of hydrogen-bond donors (Lipinski definition) is 2. The first-order chi connectivity index (χ1) is 7.15. The Morgan fingerprint density at radius 1 is 1.47 bits per heavy atom. The van der Waals surface area contributed by atoms with E-state index in [2.05, 4.69) is 46.4 Å². The quantitative estimate of drug-likeness (QED) is 0.882. The van der Waals surface area contributed by atoms with Crippen LogP contribution in [0.5, 0.6) is 0 Å². The fraction of sp³-hybridized carbons (Fsp3) is 0.500. The van der Waals surface area contributed by atoms with Crippen LogP contribution in [0.3, 0.4) is 0 Å². The van der Waals surface area contributed by atoms with E-state index in [-0.39, 0.29) is 0 Å². The third-order valence-corrected chi connectivity index (χ3v) is 3.74. The zero-order valence-corrected chi connectivity index (χ0v) is 10.6. The van der Waals surface area contributed by atoms with Crippen molar-refractivity contribution in [3.05, 3.63) is 28.2 Å². The average molecular weight is 269 g/mol. The lowest BCUT2D eigenvalue weighted by Crippen LogP contribution is -2.24. The molecule has 1 saturated carbocycles. The summed E-state index contributed by atoms with van der Waals surface area (Å²) in [6, 6.07) is 6.31. The first-order valence-corrected chi connectivity index (χ1v) is 6.15. The van der Waals surface area contributed by atoms with Gasteiger partial charge in [0.2, 0.25) is 0 Å². The van der Waals surface area contributed by atoms with E-state index in [9.17, 15) is 0 Å². The minimum absolute atomic E-state index is 0.384. The van der Waals surface area contributed by atoms with Gasteiger partial charge in [-0.1, -0.05) is 22.0 Å². The maximum atomic E-state index is 5.75. The second kappa shape index (κ2) is 4.14. The lowest BCUT2D eigenvalue weighted by atomic mass is 10.1. The van der Waals surface area contributed by atoms with Crippen LogP contribution in [0.4, 0.5) is 5.69 Å². The van der Waals surface area contributed by atoms with Crippen LogP contribution in [0.25, 0.3) is 0 Å². The van der Waals surface area contributed by atoms with E-state index >= 15 is 0 Å². The number of nitrogens with two attached hydrogens (primary N) is 1. The molecule has 0 bridgehead atoms. The fourth-order valence-corrected chi connectivity index (χ4v) is 2.06. The molecule has 0 atom stereocenters. The molecule has 0 heterocycles. The number of benzene rings is 1. The third-order valence-electron chi connectivity index (χ3n) is 3.24. The maximum absolute atomic E-state index is 5.75. The average Bonchev–Trinajstić information content (AvgIpc) is 3.00. The number of hydrogen-bond acceptors (Lipinski definition) is 2. The SMILES string of the molecule is Cc1ccc(Br)cc1NCC1(CN)CC1. The first kappa shape index (κ1) is 11.0. The van der Waals surface area contributed by atoms with Gasteiger partial charge in [-0.25, -0.2) is 0 Å². The molecule has 1 aromatic carbocycles. The molecule has 82 valence electrons. The maximum Gasteiger partial charge on any atom is 0.0381 e. The number of halogens is 1. The van der Waals surface area contributed by atoms with Crippen molar-refractivity contribution in [3.8, 4) is 0 Å². The Morgan fingerprint density at radius 2 is 2.20 bits per heavy atom. The summed E-state index contributed by atoms with van der Waals surface area (Å²) in [5.74, 6) is 0. The molecule has 1 aliphatic rings. The van der Waals surface area contributed by atoms with Gasteiger partial charge in [0.1, 0.15) is 0 Å². The van der Waals surface area contributed by atoms with Crippen LogP contribution in [0.1, 0.15) is 18.4 Å². The molecule has 0 saturated heterocycles. The summed E-state index contributed by atoms with van der Waals surface area (Å²) in [6.07, 6.45) is 2.53. The van der Waals surface area contributed by atoms with Crippen molar-refractivity contribution in [1.82, 2.24) is 0 Å². The van der Waals surface area contributed by atoms with Crippen LogP contribution in [0, 0.1) is 12.3 Å². The van der Waals surface area contributed by atoms with E-state index in [1.807, 2.05) is 0 Å². The Morgan fingerprint density at radius 3 is 2.80 bits per heavy atom. The number of anilines is 1. The van der Waals surface area contributed by atoms with Gasteiger partial charge >= 0.3 is 0 Å². The number of aryl methyl sites for hydroxylation is 1. The largest absolute Gasteiger partial charge is 0.384 e. The van der Waals surface area contributed by atoms with Crippen molar-refractivity contribution in [1.29, 1.82) is 0 Å². The topological polar surface area (TPSA) is 38.0 Å². The van der Waals surface area contributed by atoms with E-state index in [4.69, 9.17) is 5.73 Å². The third kappa shape index (κ3) is 2.52. The van der Waals surface area contributed by atoms with Crippen molar-refractivity contribution in [2.75, 3.05) is 18.4 Å². The molecule has 0 amide bonds. The molecule has 3 heteroatoms. The molecule has 0 radical (unpaired) electrons. The van der Waals surface area contributed by atoms with E-state index in [1.54, 1.807) is 0 Å². The molecule has 15 heavy (non-hydrogen) atoms. The summed E-state index contributed by atoms with van der Waals surface area (Å²) in [5.41, 5.74) is 8.63. The molecule has 2 rings (SSSR count). The molecule has 1 aromatic rings. The Bertz CT molecular complexity index is 359. The monoisotopic (exact) mass is 268 g/mol. The predicted octanol–water partition coefficient (Wildman–Crippen LogP) is 2.91. The summed E-state index contributed by atoms with van der Waals surface area (Å²) in [6.45, 7) is 3.92. The zero-order valence-electron chi connectivity index (χ0n) is 9.02. The highest BCUT2D eigenvalue weighted by Crippen LogP contribution is 2.44. The molecule has 0 aliphatic heterocycles. The smallest absolute Gasteiger partial charge is 0.0381 e. The van der Waals surface area contributed by atoms with Gasteiger partial charge in [0, 0.05) is 16.7 Å². The molecular weight excluding hydrogens is 252 g/mol. The Balaban J connectivity index is 2.01. The normalized spacial score (nSPS) is 17.5. The van der Waals surface area contributed by atoms with Crippen LogP contribution >= 0.6 is 15.9 Å². The highest BCUT2D eigenvalue weighted by molar-refractivity contribution is 9.10. The van der Waals surface area contributed by atoms with E-state index in [0.29, 0.717) is 5.41 Å². The van der Waals surface area contributed by atoms with Crippen LogP contribution in [-0.2, 0) is 0 Å². The first-order valence-electron chi connectivity index (χ1n) is 5.35. The van der Waals surface area contributed by atoms with Crippen molar-refractivity contribution < 1.29 is 0 Å². The van der Waals surface area contributed by atoms with Gasteiger partial charge in [-0.15, -0.1) is 0 Å². The van der Waals surface area contributed by atoms with Gasteiger partial charge in [0.25, 0.3) is 0 Å². The molecule has 0 spiro atoms. The zero-order chi connectivity index (χ0) is 10.9. The molecule has 1 fully saturated rings. The number of nitrogens with one attached hydrogen (secondary N) is 1. The van der Waals surface area contributed by atoms with Gasteiger partial charge in [0.15, 0.2) is 0 Å². The van der Waals surface area contributed by atoms with Gasteiger partial charge in [-0.3, -0.25) is 0 Å². The Kier molecular flexibility index (Phi) is 3.03. The molecular formula is C12H17BrN2. The van der Waals surface area contributed by atoms with Crippen LogP contribution in [0.2, 0.25) is 0 Å². The van der Waals surface area contributed by atoms with Gasteiger partial charge in [-0.05, 0) is 49.4 Å². The summed E-state index contributed by atoms with van der Waals surface area (Å²) in [4.78, 5) is 0. The van der Waals surface area contributed by atoms with Crippen LogP contribution in [0.15, 0.2) is 22.7 Å². The minimum atomic E-state index is 0.384. The van der Waals surface area contributed by atoms with Crippen molar-refractivity contribution in [3.63, 3.8) is 0 Å². The van der Waals surface area contributed by atoms with Crippen LogP contribution in [-0.4, -0.2) is 13.1 Å². The molecule has 0 aromatic heterocycles. The standard InChI is InChI=1S/C12H17BrN2/c1-9-2-3-10(13)6-11(9)15-8-12(7-14)4-5-12/h2-3,6,15H,4-5,7-8,14H2,1H3. The lowest BCUT2D eigenvalue weighted by Gasteiger charge is -2.16.